The molecule has 6 nitrogen and oxygen atoms in total. The number of carbonyl (C=O) groups excluding carboxylic acids is 1. The highest BCUT2D eigenvalue weighted by molar-refractivity contribution is 5.96. The van der Waals surface area contributed by atoms with E-state index in [1.807, 2.05) is 0 Å². The number of amides is 1. The Hall–Kier alpha value is -2.70. The molecule has 7 heteroatoms. The van der Waals surface area contributed by atoms with Crippen molar-refractivity contribution in [2.24, 2.45) is 0 Å². The van der Waals surface area contributed by atoms with Gasteiger partial charge in [0.15, 0.2) is 0 Å². The normalized spacial score (nSPS) is 15.9. The van der Waals surface area contributed by atoms with Gasteiger partial charge in [-0.2, -0.15) is 5.10 Å². The third-order valence-corrected chi connectivity index (χ3v) is 4.75. The van der Waals surface area contributed by atoms with E-state index in [1.54, 1.807) is 23.7 Å². The molecule has 1 amide bonds. The summed E-state index contributed by atoms with van der Waals surface area (Å²) >= 11 is 0. The average Bonchev–Trinajstić information content (AvgIpc) is 3.14. The summed E-state index contributed by atoms with van der Waals surface area (Å²) in [5.41, 5.74) is 0.973. The van der Waals surface area contributed by atoms with Gasteiger partial charge in [0.2, 0.25) is 0 Å². The summed E-state index contributed by atoms with van der Waals surface area (Å²) in [4.78, 5) is 23.9. The fourth-order valence-corrected chi connectivity index (χ4v) is 3.47. The molecule has 1 aliphatic carbocycles. The van der Waals surface area contributed by atoms with Gasteiger partial charge in [-0.25, -0.2) is 9.07 Å². The number of hydrogen-bond donors (Lipinski definition) is 2. The van der Waals surface area contributed by atoms with E-state index in [9.17, 15) is 14.0 Å². The quantitative estimate of drug-likeness (QED) is 0.873. The maximum Gasteiger partial charge on any atom is 0.305 e. The zero-order valence-electron chi connectivity index (χ0n) is 14.0. The van der Waals surface area contributed by atoms with E-state index in [2.05, 4.69) is 10.4 Å². The Morgan fingerprint density at radius 2 is 1.92 bits per heavy atom. The summed E-state index contributed by atoms with van der Waals surface area (Å²) in [7, 11) is 0. The lowest BCUT2D eigenvalue weighted by atomic mass is 9.92. The number of hydrogen-bond acceptors (Lipinski definition) is 3. The molecule has 1 saturated carbocycles. The second-order valence-electron chi connectivity index (χ2n) is 6.54. The highest BCUT2D eigenvalue weighted by atomic mass is 19.1. The van der Waals surface area contributed by atoms with Gasteiger partial charge in [-0.3, -0.25) is 9.59 Å². The van der Waals surface area contributed by atoms with Crippen molar-refractivity contribution in [2.75, 3.05) is 0 Å². The molecule has 0 spiro atoms. The first-order valence-electron chi connectivity index (χ1n) is 8.25. The predicted molar refractivity (Wildman–Crippen MR) is 89.2 cm³/mol. The molecule has 1 aromatic heterocycles. The largest absolute Gasteiger partial charge is 0.481 e. The smallest absolute Gasteiger partial charge is 0.305 e. The summed E-state index contributed by atoms with van der Waals surface area (Å²) in [6, 6.07) is 5.83. The lowest BCUT2D eigenvalue weighted by Gasteiger charge is -2.28. The number of aliphatic carboxylic acids is 1. The van der Waals surface area contributed by atoms with E-state index < -0.39 is 11.5 Å². The van der Waals surface area contributed by atoms with Gasteiger partial charge in [0, 0.05) is 0 Å². The number of nitrogens with one attached hydrogen (secondary N) is 1. The number of carboxylic acid groups (broad SMARTS) is 1. The SMILES string of the molecule is Cc1c(C(=O)NC2(CC(=O)O)CCCC2)cnn1-c1ccc(F)cc1. The second kappa shape index (κ2) is 6.66. The summed E-state index contributed by atoms with van der Waals surface area (Å²) in [5, 5.41) is 16.3. The summed E-state index contributed by atoms with van der Waals surface area (Å²) < 4.78 is 14.6. The van der Waals surface area contributed by atoms with E-state index in [-0.39, 0.29) is 18.1 Å². The van der Waals surface area contributed by atoms with Crippen molar-refractivity contribution < 1.29 is 19.1 Å². The van der Waals surface area contributed by atoms with Crippen molar-refractivity contribution >= 4 is 11.9 Å². The van der Waals surface area contributed by atoms with Gasteiger partial charge < -0.3 is 10.4 Å². The molecule has 0 aliphatic heterocycles. The first-order valence-corrected chi connectivity index (χ1v) is 8.25. The molecule has 0 atom stereocenters. The predicted octanol–water partition coefficient (Wildman–Crippen LogP) is 2.84. The maximum atomic E-state index is 13.1. The molecule has 2 N–H and O–H groups in total. The Bertz CT molecular complexity index is 792. The Morgan fingerprint density at radius 3 is 2.52 bits per heavy atom. The minimum Gasteiger partial charge on any atom is -0.481 e. The van der Waals surface area contributed by atoms with Crippen LogP contribution in [-0.4, -0.2) is 32.3 Å². The van der Waals surface area contributed by atoms with Crippen molar-refractivity contribution in [3.05, 3.63) is 47.5 Å². The van der Waals surface area contributed by atoms with Crippen molar-refractivity contribution in [2.45, 2.75) is 44.6 Å². The van der Waals surface area contributed by atoms with Crippen molar-refractivity contribution in [1.82, 2.24) is 15.1 Å². The van der Waals surface area contributed by atoms with Crippen molar-refractivity contribution in [3.63, 3.8) is 0 Å². The van der Waals surface area contributed by atoms with Gasteiger partial charge in [0.1, 0.15) is 5.82 Å². The van der Waals surface area contributed by atoms with Gasteiger partial charge >= 0.3 is 5.97 Å². The zero-order chi connectivity index (χ0) is 18.0. The van der Waals surface area contributed by atoms with Crippen LogP contribution < -0.4 is 5.32 Å². The Labute approximate surface area is 144 Å². The van der Waals surface area contributed by atoms with Crippen LogP contribution in [0, 0.1) is 12.7 Å². The van der Waals surface area contributed by atoms with Crippen LogP contribution in [0.5, 0.6) is 0 Å². The minimum atomic E-state index is -0.916. The fourth-order valence-electron chi connectivity index (χ4n) is 3.47. The average molecular weight is 345 g/mol. The van der Waals surface area contributed by atoms with Crippen LogP contribution in [0.1, 0.15) is 48.2 Å². The molecule has 0 unspecified atom stereocenters. The molecule has 25 heavy (non-hydrogen) atoms. The van der Waals surface area contributed by atoms with E-state index in [0.29, 0.717) is 29.8 Å². The van der Waals surface area contributed by atoms with Gasteiger partial charge in [-0.05, 0) is 44.0 Å². The van der Waals surface area contributed by atoms with Crippen LogP contribution in [0.4, 0.5) is 4.39 Å². The van der Waals surface area contributed by atoms with Crippen LogP contribution in [0.3, 0.4) is 0 Å². The van der Waals surface area contributed by atoms with E-state index in [4.69, 9.17) is 5.11 Å². The standard InChI is InChI=1S/C18H20FN3O3/c1-12-15(11-20-22(12)14-6-4-13(19)5-7-14)17(25)21-18(10-16(23)24)8-2-3-9-18/h4-7,11H,2-3,8-10H2,1H3,(H,21,25)(H,23,24). The molecule has 1 aromatic carbocycles. The van der Waals surface area contributed by atoms with Crippen LogP contribution >= 0.6 is 0 Å². The van der Waals surface area contributed by atoms with Gasteiger partial charge in [-0.1, -0.05) is 12.8 Å². The molecule has 1 heterocycles. The Kier molecular flexibility index (Phi) is 4.57. The van der Waals surface area contributed by atoms with Gasteiger partial charge in [-0.15, -0.1) is 0 Å². The molecule has 0 saturated heterocycles. The number of carboxylic acids is 1. The molecule has 3 rings (SSSR count). The lowest BCUT2D eigenvalue weighted by molar-refractivity contribution is -0.138. The summed E-state index contributed by atoms with van der Waals surface area (Å²) in [6.07, 6.45) is 4.51. The minimum absolute atomic E-state index is 0.0795. The molecule has 0 radical (unpaired) electrons. The molecular formula is C18H20FN3O3. The van der Waals surface area contributed by atoms with Crippen LogP contribution in [-0.2, 0) is 4.79 Å². The Balaban J connectivity index is 1.83. The first kappa shape index (κ1) is 17.1. The monoisotopic (exact) mass is 345 g/mol. The second-order valence-corrected chi connectivity index (χ2v) is 6.54. The highest BCUT2D eigenvalue weighted by Crippen LogP contribution is 2.33. The molecule has 132 valence electrons. The number of halogens is 1. The molecule has 2 aromatic rings. The fraction of sp³-hybridized carbons (Fsp3) is 0.389. The molecular weight excluding hydrogens is 325 g/mol. The third kappa shape index (κ3) is 3.55. The maximum absolute atomic E-state index is 13.1. The zero-order valence-corrected chi connectivity index (χ0v) is 14.0. The van der Waals surface area contributed by atoms with Crippen LogP contribution in [0.25, 0.3) is 5.69 Å². The van der Waals surface area contributed by atoms with Gasteiger partial charge in [0.25, 0.3) is 5.91 Å². The molecule has 0 bridgehead atoms. The number of nitrogens with zero attached hydrogens (tertiary/aromatic N) is 2. The Morgan fingerprint density at radius 1 is 1.28 bits per heavy atom. The van der Waals surface area contributed by atoms with E-state index in [0.717, 1.165) is 12.8 Å². The number of carbonyl (C=O) groups is 2. The number of rotatable bonds is 5. The molecule has 1 fully saturated rings. The van der Waals surface area contributed by atoms with Crippen molar-refractivity contribution in [1.29, 1.82) is 0 Å². The molecule has 1 aliphatic rings. The number of benzene rings is 1. The van der Waals surface area contributed by atoms with Crippen LogP contribution in [0.2, 0.25) is 0 Å². The van der Waals surface area contributed by atoms with Crippen molar-refractivity contribution in [3.8, 4) is 5.69 Å². The topological polar surface area (TPSA) is 84.2 Å². The van der Waals surface area contributed by atoms with E-state index >= 15 is 0 Å². The summed E-state index contributed by atoms with van der Waals surface area (Å²) in [5.74, 6) is -1.58. The van der Waals surface area contributed by atoms with Crippen LogP contribution in [0.15, 0.2) is 30.5 Å². The third-order valence-electron chi connectivity index (χ3n) is 4.75. The highest BCUT2D eigenvalue weighted by Gasteiger charge is 2.38. The lowest BCUT2D eigenvalue weighted by Crippen LogP contribution is -2.47. The first-order chi connectivity index (χ1) is 11.9. The van der Waals surface area contributed by atoms with E-state index in [1.165, 1.54) is 18.3 Å². The summed E-state index contributed by atoms with van der Waals surface area (Å²) in [6.45, 7) is 1.75. The van der Waals surface area contributed by atoms with Gasteiger partial charge in [0.05, 0.1) is 35.1 Å². The number of aromatic nitrogens is 2.